The molecule has 0 atom stereocenters. The third-order valence-electron chi connectivity index (χ3n) is 9.29. The molecule has 3 aliphatic rings. The molecule has 0 bridgehead atoms. The van der Waals surface area contributed by atoms with Gasteiger partial charge in [0.15, 0.2) is 11.6 Å². The minimum absolute atomic E-state index is 0.0272. The molecule has 1 aromatic rings. The number of ether oxygens (including phenoxy) is 2. The first-order valence-corrected chi connectivity index (χ1v) is 14.4. The van der Waals surface area contributed by atoms with Gasteiger partial charge in [0.05, 0.1) is 12.7 Å². The fourth-order valence-electron chi connectivity index (χ4n) is 7.07. The molecule has 0 N–H and O–H groups in total. The Kier molecular flexibility index (Phi) is 10.1. The summed E-state index contributed by atoms with van der Waals surface area (Å²) in [4.78, 5) is 0. The van der Waals surface area contributed by atoms with Crippen LogP contribution in [0, 0.1) is 35.3 Å². The lowest BCUT2D eigenvalue weighted by Gasteiger charge is -2.38. The standard InChI is InChI=1S/C31H46F2O2/c1-3-5-6-22-9-17-27(18-10-22)35-21-23-7-11-24(12-8-23)25-13-15-26(16-14-25)28-19-20-29(34-4-2)31(33)30(28)32/h3,19-20,22-27H,1,4-18,21H2,2H3. The number of hydrogen-bond donors (Lipinski definition) is 0. The van der Waals surface area contributed by atoms with E-state index in [2.05, 4.69) is 6.58 Å². The highest BCUT2D eigenvalue weighted by Gasteiger charge is 2.33. The van der Waals surface area contributed by atoms with E-state index < -0.39 is 11.6 Å². The molecule has 0 heterocycles. The number of halogens is 2. The Bertz CT molecular complexity index is 785. The summed E-state index contributed by atoms with van der Waals surface area (Å²) in [6, 6.07) is 3.34. The lowest BCUT2D eigenvalue weighted by atomic mass is 9.68. The van der Waals surface area contributed by atoms with Gasteiger partial charge in [-0.05, 0) is 138 Å². The van der Waals surface area contributed by atoms with Gasteiger partial charge in [-0.1, -0.05) is 12.1 Å². The van der Waals surface area contributed by atoms with Crippen molar-refractivity contribution in [2.24, 2.45) is 23.7 Å². The van der Waals surface area contributed by atoms with Crippen LogP contribution in [-0.2, 0) is 4.74 Å². The average molecular weight is 489 g/mol. The Morgan fingerprint density at radius 2 is 1.46 bits per heavy atom. The largest absolute Gasteiger partial charge is 0.491 e. The summed E-state index contributed by atoms with van der Waals surface area (Å²) >= 11 is 0. The highest BCUT2D eigenvalue weighted by molar-refractivity contribution is 5.33. The van der Waals surface area contributed by atoms with Crippen molar-refractivity contribution < 1.29 is 18.3 Å². The van der Waals surface area contributed by atoms with E-state index in [4.69, 9.17) is 9.47 Å². The van der Waals surface area contributed by atoms with Crippen LogP contribution in [0.4, 0.5) is 8.78 Å². The normalized spacial score (nSPS) is 31.7. The molecular weight excluding hydrogens is 442 g/mol. The van der Waals surface area contributed by atoms with Crippen molar-refractivity contribution in [3.63, 3.8) is 0 Å². The van der Waals surface area contributed by atoms with Crippen molar-refractivity contribution in [3.05, 3.63) is 42.0 Å². The fraction of sp³-hybridized carbons (Fsp3) is 0.742. The van der Waals surface area contributed by atoms with Crippen LogP contribution in [-0.4, -0.2) is 19.3 Å². The van der Waals surface area contributed by atoms with Gasteiger partial charge in [-0.3, -0.25) is 0 Å². The minimum Gasteiger partial charge on any atom is -0.491 e. The molecule has 0 saturated heterocycles. The molecule has 0 spiro atoms. The number of benzene rings is 1. The minimum atomic E-state index is -0.826. The van der Waals surface area contributed by atoms with Crippen molar-refractivity contribution in [1.29, 1.82) is 0 Å². The molecule has 1 aromatic carbocycles. The molecule has 0 aromatic heterocycles. The molecule has 3 fully saturated rings. The van der Waals surface area contributed by atoms with Gasteiger partial charge in [0, 0.05) is 6.61 Å². The molecule has 4 rings (SSSR count). The highest BCUT2D eigenvalue weighted by atomic mass is 19.2. The Morgan fingerprint density at radius 3 is 2.09 bits per heavy atom. The van der Waals surface area contributed by atoms with Crippen LogP contribution >= 0.6 is 0 Å². The quantitative estimate of drug-likeness (QED) is 0.306. The van der Waals surface area contributed by atoms with Crippen molar-refractivity contribution in [3.8, 4) is 5.75 Å². The summed E-state index contributed by atoms with van der Waals surface area (Å²) in [5, 5.41) is 0. The van der Waals surface area contributed by atoms with Crippen LogP contribution in [0.2, 0.25) is 0 Å². The molecule has 4 heteroatoms. The molecule has 0 amide bonds. The van der Waals surface area contributed by atoms with E-state index in [0.29, 0.717) is 18.3 Å². The van der Waals surface area contributed by atoms with E-state index in [9.17, 15) is 8.78 Å². The Morgan fingerprint density at radius 1 is 0.829 bits per heavy atom. The van der Waals surface area contributed by atoms with Crippen LogP contribution in [0.3, 0.4) is 0 Å². The predicted molar refractivity (Wildman–Crippen MR) is 139 cm³/mol. The number of allylic oxidation sites excluding steroid dienone is 1. The molecule has 3 saturated carbocycles. The Balaban J connectivity index is 1.15. The second-order valence-corrected chi connectivity index (χ2v) is 11.4. The first-order valence-electron chi connectivity index (χ1n) is 14.4. The van der Waals surface area contributed by atoms with Gasteiger partial charge in [0.2, 0.25) is 5.82 Å². The van der Waals surface area contributed by atoms with Crippen LogP contribution in [0.15, 0.2) is 24.8 Å². The summed E-state index contributed by atoms with van der Waals surface area (Å²) in [7, 11) is 0. The molecule has 3 aliphatic carbocycles. The van der Waals surface area contributed by atoms with E-state index in [1.165, 1.54) is 57.8 Å². The Hall–Kier alpha value is -1.42. The highest BCUT2D eigenvalue weighted by Crippen LogP contribution is 2.45. The van der Waals surface area contributed by atoms with Gasteiger partial charge < -0.3 is 9.47 Å². The topological polar surface area (TPSA) is 18.5 Å². The lowest BCUT2D eigenvalue weighted by Crippen LogP contribution is -2.29. The molecule has 0 unspecified atom stereocenters. The monoisotopic (exact) mass is 488 g/mol. The van der Waals surface area contributed by atoms with Crippen LogP contribution in [0.5, 0.6) is 5.75 Å². The van der Waals surface area contributed by atoms with E-state index >= 15 is 0 Å². The zero-order chi connectivity index (χ0) is 24.6. The van der Waals surface area contributed by atoms with E-state index in [-0.39, 0.29) is 11.7 Å². The van der Waals surface area contributed by atoms with E-state index in [1.54, 1.807) is 19.1 Å². The molecule has 35 heavy (non-hydrogen) atoms. The van der Waals surface area contributed by atoms with Crippen molar-refractivity contribution in [2.75, 3.05) is 13.2 Å². The number of hydrogen-bond acceptors (Lipinski definition) is 2. The molecule has 0 aliphatic heterocycles. The van der Waals surface area contributed by atoms with Crippen LogP contribution in [0.25, 0.3) is 0 Å². The summed E-state index contributed by atoms with van der Waals surface area (Å²) in [6.45, 7) is 6.92. The third-order valence-corrected chi connectivity index (χ3v) is 9.29. The van der Waals surface area contributed by atoms with Gasteiger partial charge >= 0.3 is 0 Å². The lowest BCUT2D eigenvalue weighted by molar-refractivity contribution is -0.0126. The maximum Gasteiger partial charge on any atom is 0.200 e. The third kappa shape index (κ3) is 7.08. The van der Waals surface area contributed by atoms with Crippen LogP contribution in [0.1, 0.15) is 108 Å². The summed E-state index contributed by atoms with van der Waals surface area (Å²) in [5.74, 6) is 1.78. The molecule has 196 valence electrons. The zero-order valence-electron chi connectivity index (χ0n) is 21.8. The van der Waals surface area contributed by atoms with Crippen LogP contribution < -0.4 is 4.74 Å². The summed E-state index contributed by atoms with van der Waals surface area (Å²) < 4.78 is 40.6. The van der Waals surface area contributed by atoms with Gasteiger partial charge in [-0.15, -0.1) is 6.58 Å². The maximum atomic E-state index is 14.7. The zero-order valence-corrected chi connectivity index (χ0v) is 21.8. The van der Waals surface area contributed by atoms with Gasteiger partial charge in [-0.25, -0.2) is 4.39 Å². The van der Waals surface area contributed by atoms with E-state index in [1.807, 2.05) is 6.08 Å². The molecule has 2 nitrogen and oxygen atoms in total. The first-order chi connectivity index (χ1) is 17.1. The van der Waals surface area contributed by atoms with Gasteiger partial charge in [0.1, 0.15) is 0 Å². The van der Waals surface area contributed by atoms with E-state index in [0.717, 1.165) is 62.4 Å². The second-order valence-electron chi connectivity index (χ2n) is 11.4. The summed E-state index contributed by atoms with van der Waals surface area (Å²) in [5.41, 5.74) is 0.542. The SMILES string of the molecule is C=CCCC1CCC(OCC2CCC(C3CCC(c4ccc(OCC)c(F)c4F)CC3)CC2)CC1. The second kappa shape index (κ2) is 13.2. The fourth-order valence-corrected chi connectivity index (χ4v) is 7.07. The van der Waals surface area contributed by atoms with Crippen molar-refractivity contribution in [2.45, 2.75) is 109 Å². The Labute approximate surface area is 211 Å². The van der Waals surface area contributed by atoms with Crippen molar-refractivity contribution >= 4 is 0 Å². The average Bonchev–Trinajstić information content (AvgIpc) is 2.90. The maximum absolute atomic E-state index is 14.7. The predicted octanol–water partition coefficient (Wildman–Crippen LogP) is 8.99. The van der Waals surface area contributed by atoms with Gasteiger partial charge in [0.25, 0.3) is 0 Å². The smallest absolute Gasteiger partial charge is 0.200 e. The van der Waals surface area contributed by atoms with Gasteiger partial charge in [-0.2, -0.15) is 4.39 Å². The van der Waals surface area contributed by atoms with Crippen molar-refractivity contribution in [1.82, 2.24) is 0 Å². The molecule has 0 radical (unpaired) electrons. The summed E-state index contributed by atoms with van der Waals surface area (Å²) in [6.07, 6.45) is 19.5. The first kappa shape index (κ1) is 26.6. The number of rotatable bonds is 10. The molecular formula is C31H46F2O2.